The second kappa shape index (κ2) is 8.20. The summed E-state index contributed by atoms with van der Waals surface area (Å²) in [7, 11) is -2.04. The Balaban J connectivity index is 1.68. The predicted octanol–water partition coefficient (Wildman–Crippen LogP) is 2.44. The lowest BCUT2D eigenvalue weighted by atomic mass is 10.0. The molecule has 2 aromatic carbocycles. The van der Waals surface area contributed by atoms with Gasteiger partial charge in [-0.2, -0.15) is 5.10 Å². The molecule has 32 heavy (non-hydrogen) atoms. The number of hydrogen-bond donors (Lipinski definition) is 2. The molecule has 0 atom stereocenters. The van der Waals surface area contributed by atoms with Crippen molar-refractivity contribution < 1.29 is 13.2 Å². The van der Waals surface area contributed by atoms with E-state index in [2.05, 4.69) is 5.10 Å². The summed E-state index contributed by atoms with van der Waals surface area (Å²) in [6, 6.07) is 16.8. The van der Waals surface area contributed by atoms with Gasteiger partial charge in [0.05, 0.1) is 22.4 Å². The molecule has 0 fully saturated rings. The van der Waals surface area contributed by atoms with Gasteiger partial charge in [-0.25, -0.2) is 12.4 Å². The van der Waals surface area contributed by atoms with E-state index in [1.165, 1.54) is 30.6 Å². The van der Waals surface area contributed by atoms with Gasteiger partial charge >= 0.3 is 0 Å². The third kappa shape index (κ3) is 3.93. The van der Waals surface area contributed by atoms with Crippen molar-refractivity contribution in [2.75, 3.05) is 0 Å². The predicted molar refractivity (Wildman–Crippen MR) is 122 cm³/mol. The van der Waals surface area contributed by atoms with Crippen LogP contribution in [-0.4, -0.2) is 28.1 Å². The number of nitrogens with zero attached hydrogens (tertiary/aromatic N) is 3. The lowest BCUT2D eigenvalue weighted by Crippen LogP contribution is -2.17. The summed E-state index contributed by atoms with van der Waals surface area (Å²) in [6.45, 7) is 0. The average Bonchev–Trinajstić information content (AvgIpc) is 3.44. The highest BCUT2D eigenvalue weighted by atomic mass is 32.2. The van der Waals surface area contributed by atoms with Gasteiger partial charge in [0.2, 0.25) is 0 Å². The van der Waals surface area contributed by atoms with Crippen LogP contribution in [-0.2, 0) is 21.9 Å². The maximum absolute atomic E-state index is 13.1. The van der Waals surface area contributed by atoms with Gasteiger partial charge in [-0.1, -0.05) is 42.5 Å². The average molecular weight is 448 g/mol. The number of carbonyl (C=O) groups is 1. The zero-order valence-corrected chi connectivity index (χ0v) is 18.0. The number of benzene rings is 2. The van der Waals surface area contributed by atoms with Gasteiger partial charge in [-0.05, 0) is 29.3 Å². The first-order valence-corrected chi connectivity index (χ1v) is 11.1. The highest BCUT2D eigenvalue weighted by Crippen LogP contribution is 2.25. The molecule has 4 rings (SSSR count). The smallest absolute Gasteiger partial charge is 0.267 e. The van der Waals surface area contributed by atoms with Crippen molar-refractivity contribution >= 4 is 27.2 Å². The van der Waals surface area contributed by atoms with Gasteiger partial charge in [0.15, 0.2) is 0 Å². The van der Waals surface area contributed by atoms with Crippen LogP contribution in [0.1, 0.15) is 11.1 Å². The van der Waals surface area contributed by atoms with Gasteiger partial charge in [0.25, 0.3) is 15.9 Å². The molecule has 2 aromatic heterocycles. The molecule has 0 bridgehead atoms. The van der Waals surface area contributed by atoms with E-state index in [9.17, 15) is 13.2 Å². The third-order valence-corrected chi connectivity index (χ3v) is 6.67. The van der Waals surface area contributed by atoms with E-state index >= 15 is 0 Å². The highest BCUT2D eigenvalue weighted by molar-refractivity contribution is 7.90. The largest absolute Gasteiger partial charge is 0.398 e. The Morgan fingerprint density at radius 3 is 2.16 bits per heavy atom. The Labute approximate surface area is 185 Å². The van der Waals surface area contributed by atoms with Crippen LogP contribution in [0.15, 0.2) is 90.3 Å². The lowest BCUT2D eigenvalue weighted by Gasteiger charge is -2.09. The van der Waals surface area contributed by atoms with Crippen LogP contribution < -0.4 is 11.5 Å². The first kappa shape index (κ1) is 21.1. The summed E-state index contributed by atoms with van der Waals surface area (Å²) in [6.07, 6.45) is 6.31. The number of hydrogen-bond acceptors (Lipinski definition) is 5. The molecule has 0 aliphatic heterocycles. The molecule has 0 aliphatic rings. The molecule has 0 unspecified atom stereocenters. The quantitative estimate of drug-likeness (QED) is 0.439. The maximum atomic E-state index is 13.1. The normalized spacial score (nSPS) is 12.4. The van der Waals surface area contributed by atoms with Gasteiger partial charge in [-0.3, -0.25) is 9.48 Å². The number of rotatable bonds is 6. The van der Waals surface area contributed by atoms with Crippen molar-refractivity contribution in [3.8, 4) is 11.1 Å². The minimum Gasteiger partial charge on any atom is -0.398 e. The molecule has 162 valence electrons. The number of amides is 1. The van der Waals surface area contributed by atoms with E-state index in [4.69, 9.17) is 11.5 Å². The fraction of sp³-hybridized carbons (Fsp3) is 0.0435. The van der Waals surface area contributed by atoms with Crippen molar-refractivity contribution in [3.05, 3.63) is 96.6 Å². The molecule has 4 aromatic rings. The molecule has 9 heteroatoms. The van der Waals surface area contributed by atoms with Crippen molar-refractivity contribution in [1.82, 2.24) is 13.8 Å². The zero-order chi connectivity index (χ0) is 22.9. The summed E-state index contributed by atoms with van der Waals surface area (Å²) in [5.74, 6) is -0.699. The number of aryl methyl sites for hydroxylation is 1. The fourth-order valence-corrected chi connectivity index (χ4v) is 4.57. The van der Waals surface area contributed by atoms with Crippen molar-refractivity contribution in [1.29, 1.82) is 0 Å². The van der Waals surface area contributed by atoms with Gasteiger partial charge in [-0.15, -0.1) is 0 Å². The van der Waals surface area contributed by atoms with Crippen LogP contribution in [0.25, 0.3) is 22.4 Å². The Morgan fingerprint density at radius 2 is 1.56 bits per heavy atom. The summed E-state index contributed by atoms with van der Waals surface area (Å²) in [4.78, 5) is 12.2. The van der Waals surface area contributed by atoms with Gasteiger partial charge in [0, 0.05) is 36.8 Å². The maximum Gasteiger partial charge on any atom is 0.267 e. The molecule has 0 aliphatic carbocycles. The van der Waals surface area contributed by atoms with Crippen LogP contribution >= 0.6 is 0 Å². The Bertz CT molecular complexity index is 1420. The highest BCUT2D eigenvalue weighted by Gasteiger charge is 2.20. The second-order valence-corrected chi connectivity index (χ2v) is 9.02. The summed E-state index contributed by atoms with van der Waals surface area (Å²) >= 11 is 0. The monoisotopic (exact) mass is 447 g/mol. The number of carbonyl (C=O) groups excluding carboxylic acids is 1. The van der Waals surface area contributed by atoms with E-state index in [0.29, 0.717) is 11.1 Å². The molecular formula is C23H21N5O3S. The molecule has 0 spiro atoms. The van der Waals surface area contributed by atoms with Gasteiger partial charge < -0.3 is 11.5 Å². The number of primary amides is 1. The van der Waals surface area contributed by atoms with Crippen LogP contribution in [0.4, 0.5) is 0 Å². The van der Waals surface area contributed by atoms with Crippen molar-refractivity contribution in [2.24, 2.45) is 18.5 Å². The van der Waals surface area contributed by atoms with Gasteiger partial charge in [0.1, 0.15) is 0 Å². The van der Waals surface area contributed by atoms with E-state index < -0.39 is 15.9 Å². The Hall–Kier alpha value is -4.11. The van der Waals surface area contributed by atoms with Crippen LogP contribution in [0, 0.1) is 0 Å². The zero-order valence-electron chi connectivity index (χ0n) is 17.2. The first-order chi connectivity index (χ1) is 15.3. The van der Waals surface area contributed by atoms with Crippen LogP contribution in [0.5, 0.6) is 0 Å². The lowest BCUT2D eigenvalue weighted by molar-refractivity contribution is -0.112. The SMILES string of the molecule is Cn1cc(-c2ccc(S(=O)(=O)n3ccc(C(N)=C(C(N)=O)c4ccccc4)c3)cc2)cn1. The molecule has 0 saturated heterocycles. The molecule has 4 N–H and O–H groups in total. The minimum atomic E-state index is -3.85. The third-order valence-electron chi connectivity index (χ3n) is 5.02. The van der Waals surface area contributed by atoms with Crippen LogP contribution in [0.3, 0.4) is 0 Å². The second-order valence-electron chi connectivity index (χ2n) is 7.18. The van der Waals surface area contributed by atoms with Crippen LogP contribution in [0.2, 0.25) is 0 Å². The fourth-order valence-electron chi connectivity index (χ4n) is 3.38. The van der Waals surface area contributed by atoms with E-state index in [-0.39, 0.29) is 16.2 Å². The molecule has 8 nitrogen and oxygen atoms in total. The van der Waals surface area contributed by atoms with Crippen molar-refractivity contribution in [3.63, 3.8) is 0 Å². The topological polar surface area (TPSA) is 126 Å². The molecule has 0 radical (unpaired) electrons. The standard InChI is InChI=1S/C23H21N5O3S/c1-27-14-19(13-26-27)16-7-9-20(10-8-16)32(30,31)28-12-11-18(15-28)22(24)21(23(25)29)17-5-3-2-4-6-17/h2-15H,24H2,1H3,(H2,25,29). The van der Waals surface area contributed by atoms with E-state index in [1.54, 1.807) is 53.3 Å². The molecule has 2 heterocycles. The van der Waals surface area contributed by atoms with E-state index in [1.807, 2.05) is 13.2 Å². The first-order valence-electron chi connectivity index (χ1n) is 9.65. The molecule has 0 saturated carbocycles. The summed E-state index contributed by atoms with van der Waals surface area (Å²) in [5.41, 5.74) is 14.7. The summed E-state index contributed by atoms with van der Waals surface area (Å²) < 4.78 is 28.9. The van der Waals surface area contributed by atoms with Crippen molar-refractivity contribution in [2.45, 2.75) is 4.90 Å². The minimum absolute atomic E-state index is 0.101. The number of aromatic nitrogens is 3. The van der Waals surface area contributed by atoms with E-state index in [0.717, 1.165) is 15.1 Å². The molecular weight excluding hydrogens is 426 g/mol. The summed E-state index contributed by atoms with van der Waals surface area (Å²) in [5, 5.41) is 4.12. The molecule has 1 amide bonds. The Kier molecular flexibility index (Phi) is 5.41. The number of nitrogens with two attached hydrogens (primary N) is 2. The Morgan fingerprint density at radius 1 is 0.875 bits per heavy atom.